The molecule has 1 saturated heterocycles. The van der Waals surface area contributed by atoms with Crippen LogP contribution in [0.5, 0.6) is 0 Å². The Morgan fingerprint density at radius 1 is 1.27 bits per heavy atom. The first kappa shape index (κ1) is 8.60. The van der Waals surface area contributed by atoms with Crippen molar-refractivity contribution in [2.24, 2.45) is 5.92 Å². The molecule has 0 unspecified atom stereocenters. The molecular formula is C9H17NO. The summed E-state index contributed by atoms with van der Waals surface area (Å²) in [7, 11) is 0. The molecule has 0 amide bonds. The van der Waals surface area contributed by atoms with Crippen molar-refractivity contribution >= 4 is 0 Å². The molecule has 1 rings (SSSR count). The molecule has 0 atom stereocenters. The molecule has 2 heteroatoms. The quantitative estimate of drug-likeness (QED) is 0.599. The summed E-state index contributed by atoms with van der Waals surface area (Å²) in [5.41, 5.74) is 0. The molecule has 2 nitrogen and oxygen atoms in total. The number of hydrogen-bond donors (Lipinski definition) is 0. The third-order valence-corrected chi connectivity index (χ3v) is 1.73. The van der Waals surface area contributed by atoms with E-state index in [9.17, 15) is 0 Å². The maximum absolute atomic E-state index is 5.23. The van der Waals surface area contributed by atoms with Crippen LogP contribution in [0, 0.1) is 5.92 Å². The highest BCUT2D eigenvalue weighted by Gasteiger charge is 2.04. The van der Waals surface area contributed by atoms with Crippen molar-refractivity contribution in [1.82, 2.24) is 4.90 Å². The Balaban J connectivity index is 2.23. The van der Waals surface area contributed by atoms with Crippen molar-refractivity contribution in [2.45, 2.75) is 13.8 Å². The van der Waals surface area contributed by atoms with E-state index in [2.05, 4.69) is 31.0 Å². The van der Waals surface area contributed by atoms with Crippen molar-refractivity contribution < 1.29 is 4.74 Å². The zero-order valence-corrected chi connectivity index (χ0v) is 7.42. The van der Waals surface area contributed by atoms with E-state index >= 15 is 0 Å². The summed E-state index contributed by atoms with van der Waals surface area (Å²) >= 11 is 0. The predicted molar refractivity (Wildman–Crippen MR) is 46.4 cm³/mol. The van der Waals surface area contributed by atoms with E-state index in [1.165, 1.54) is 0 Å². The van der Waals surface area contributed by atoms with Crippen LogP contribution in [-0.4, -0.2) is 31.2 Å². The number of morpholine rings is 1. The first-order valence-electron chi connectivity index (χ1n) is 4.29. The molecule has 64 valence electrons. The molecular weight excluding hydrogens is 138 g/mol. The molecule has 1 fully saturated rings. The van der Waals surface area contributed by atoms with Gasteiger partial charge in [0.05, 0.1) is 13.2 Å². The molecule has 0 aliphatic carbocycles. The van der Waals surface area contributed by atoms with Crippen molar-refractivity contribution in [3.8, 4) is 0 Å². The lowest BCUT2D eigenvalue weighted by atomic mass is 10.2. The summed E-state index contributed by atoms with van der Waals surface area (Å²) in [4.78, 5) is 2.31. The summed E-state index contributed by atoms with van der Waals surface area (Å²) in [6.07, 6.45) is 4.42. The van der Waals surface area contributed by atoms with Gasteiger partial charge in [-0.1, -0.05) is 19.9 Å². The molecule has 0 spiro atoms. The average Bonchev–Trinajstić information content (AvgIpc) is 2.03. The van der Waals surface area contributed by atoms with Gasteiger partial charge in [-0.25, -0.2) is 0 Å². The first-order chi connectivity index (χ1) is 5.29. The highest BCUT2D eigenvalue weighted by Crippen LogP contribution is 2.00. The van der Waals surface area contributed by atoms with E-state index in [0.717, 1.165) is 26.3 Å². The smallest absolute Gasteiger partial charge is 0.0642 e. The second kappa shape index (κ2) is 4.39. The first-order valence-corrected chi connectivity index (χ1v) is 4.29. The molecule has 0 saturated carbocycles. The fourth-order valence-corrected chi connectivity index (χ4v) is 1.02. The molecule has 0 bridgehead atoms. The summed E-state index contributed by atoms with van der Waals surface area (Å²) < 4.78 is 5.23. The van der Waals surface area contributed by atoms with Gasteiger partial charge in [-0.2, -0.15) is 0 Å². The van der Waals surface area contributed by atoms with Crippen LogP contribution < -0.4 is 0 Å². The third kappa shape index (κ3) is 3.42. The fourth-order valence-electron chi connectivity index (χ4n) is 1.02. The largest absolute Gasteiger partial charge is 0.378 e. The van der Waals surface area contributed by atoms with Gasteiger partial charge in [0.1, 0.15) is 0 Å². The average molecular weight is 155 g/mol. The molecule has 0 aromatic heterocycles. The van der Waals surface area contributed by atoms with E-state index in [-0.39, 0.29) is 0 Å². The minimum atomic E-state index is 0.651. The summed E-state index contributed by atoms with van der Waals surface area (Å²) in [5.74, 6) is 0.651. The molecule has 1 aliphatic heterocycles. The molecule has 0 N–H and O–H groups in total. The highest BCUT2D eigenvalue weighted by molar-refractivity contribution is 4.85. The van der Waals surface area contributed by atoms with Crippen LogP contribution in [0.2, 0.25) is 0 Å². The Morgan fingerprint density at radius 3 is 2.45 bits per heavy atom. The number of hydrogen-bond acceptors (Lipinski definition) is 2. The SMILES string of the molecule is CC(C)C=CN1CCOCC1. The molecule has 0 aromatic carbocycles. The van der Waals surface area contributed by atoms with Crippen LogP contribution in [0.4, 0.5) is 0 Å². The van der Waals surface area contributed by atoms with E-state index in [0.29, 0.717) is 5.92 Å². The monoisotopic (exact) mass is 155 g/mol. The Labute approximate surface area is 68.8 Å². The molecule has 1 heterocycles. The summed E-state index contributed by atoms with van der Waals surface area (Å²) in [6.45, 7) is 8.23. The van der Waals surface area contributed by atoms with E-state index in [1.54, 1.807) is 0 Å². The zero-order chi connectivity index (χ0) is 8.10. The standard InChI is InChI=1S/C9H17NO/c1-9(2)3-4-10-5-7-11-8-6-10/h3-4,9H,5-8H2,1-2H3. The lowest BCUT2D eigenvalue weighted by molar-refractivity contribution is 0.0592. The number of allylic oxidation sites excluding steroid dienone is 1. The number of nitrogens with zero attached hydrogens (tertiary/aromatic N) is 1. The minimum absolute atomic E-state index is 0.651. The van der Waals surface area contributed by atoms with E-state index in [4.69, 9.17) is 4.74 Å². The summed E-state index contributed by atoms with van der Waals surface area (Å²) in [6, 6.07) is 0. The molecule has 0 radical (unpaired) electrons. The Morgan fingerprint density at radius 2 is 1.91 bits per heavy atom. The maximum atomic E-state index is 5.23. The van der Waals surface area contributed by atoms with Gasteiger partial charge in [-0.15, -0.1) is 0 Å². The van der Waals surface area contributed by atoms with Gasteiger partial charge in [-0.05, 0) is 12.1 Å². The van der Waals surface area contributed by atoms with Gasteiger partial charge in [0.15, 0.2) is 0 Å². The normalized spacial score (nSPS) is 20.1. The second-order valence-electron chi connectivity index (χ2n) is 3.23. The van der Waals surface area contributed by atoms with E-state index in [1.807, 2.05) is 0 Å². The van der Waals surface area contributed by atoms with Crippen molar-refractivity contribution in [2.75, 3.05) is 26.3 Å². The van der Waals surface area contributed by atoms with Gasteiger partial charge in [0, 0.05) is 13.1 Å². The third-order valence-electron chi connectivity index (χ3n) is 1.73. The van der Waals surface area contributed by atoms with Crippen LogP contribution in [-0.2, 0) is 4.74 Å². The van der Waals surface area contributed by atoms with Crippen molar-refractivity contribution in [3.63, 3.8) is 0 Å². The zero-order valence-electron chi connectivity index (χ0n) is 7.42. The lowest BCUT2D eigenvalue weighted by Gasteiger charge is -2.25. The van der Waals surface area contributed by atoms with Crippen LogP contribution in [0.25, 0.3) is 0 Å². The van der Waals surface area contributed by atoms with Crippen LogP contribution >= 0.6 is 0 Å². The summed E-state index contributed by atoms with van der Waals surface area (Å²) in [5, 5.41) is 0. The van der Waals surface area contributed by atoms with Gasteiger partial charge in [-0.3, -0.25) is 0 Å². The van der Waals surface area contributed by atoms with Gasteiger partial charge < -0.3 is 9.64 Å². The van der Waals surface area contributed by atoms with Crippen molar-refractivity contribution in [1.29, 1.82) is 0 Å². The lowest BCUT2D eigenvalue weighted by Crippen LogP contribution is -2.32. The topological polar surface area (TPSA) is 12.5 Å². The van der Waals surface area contributed by atoms with Gasteiger partial charge in [0.25, 0.3) is 0 Å². The molecule has 1 aliphatic rings. The van der Waals surface area contributed by atoms with Gasteiger partial charge in [0.2, 0.25) is 0 Å². The van der Waals surface area contributed by atoms with Crippen LogP contribution in [0.1, 0.15) is 13.8 Å². The number of ether oxygens (including phenoxy) is 1. The van der Waals surface area contributed by atoms with Gasteiger partial charge >= 0.3 is 0 Å². The Bertz CT molecular complexity index is 126. The minimum Gasteiger partial charge on any atom is -0.378 e. The number of rotatable bonds is 2. The maximum Gasteiger partial charge on any atom is 0.0642 e. The van der Waals surface area contributed by atoms with E-state index < -0.39 is 0 Å². The highest BCUT2D eigenvalue weighted by atomic mass is 16.5. The Hall–Kier alpha value is -0.500. The van der Waals surface area contributed by atoms with Crippen molar-refractivity contribution in [3.05, 3.63) is 12.3 Å². The second-order valence-corrected chi connectivity index (χ2v) is 3.23. The molecule has 11 heavy (non-hydrogen) atoms. The molecule has 0 aromatic rings. The predicted octanol–water partition coefficient (Wildman–Crippen LogP) is 1.49. The van der Waals surface area contributed by atoms with Crippen LogP contribution in [0.3, 0.4) is 0 Å². The fraction of sp³-hybridized carbons (Fsp3) is 0.778. The Kier molecular flexibility index (Phi) is 3.43. The van der Waals surface area contributed by atoms with Crippen LogP contribution in [0.15, 0.2) is 12.3 Å².